The van der Waals surface area contributed by atoms with Crippen LogP contribution >= 0.6 is 0 Å². The van der Waals surface area contributed by atoms with Crippen molar-refractivity contribution in [1.29, 1.82) is 0 Å². The summed E-state index contributed by atoms with van der Waals surface area (Å²) in [5.41, 5.74) is 3.25. The highest BCUT2D eigenvalue weighted by molar-refractivity contribution is 5.70. The lowest BCUT2D eigenvalue weighted by atomic mass is 9.79. The number of anilines is 2. The number of hydrogen-bond acceptors (Lipinski definition) is 3. The summed E-state index contributed by atoms with van der Waals surface area (Å²) < 4.78 is 40.7. The molecule has 0 saturated heterocycles. The molecule has 1 aliphatic carbocycles. The Morgan fingerprint density at radius 1 is 1.23 bits per heavy atom. The molecule has 1 fully saturated rings. The molecule has 0 N–H and O–H groups in total. The van der Waals surface area contributed by atoms with Crippen LogP contribution in [0.1, 0.15) is 68.2 Å². The van der Waals surface area contributed by atoms with Crippen molar-refractivity contribution < 1.29 is 13.2 Å². The van der Waals surface area contributed by atoms with Crippen molar-refractivity contribution in [2.45, 2.75) is 72.5 Å². The highest BCUT2D eigenvalue weighted by atomic mass is 19.4. The van der Waals surface area contributed by atoms with Crippen molar-refractivity contribution in [2.75, 3.05) is 4.90 Å². The van der Waals surface area contributed by atoms with Gasteiger partial charge < -0.3 is 4.90 Å². The Hall–Kier alpha value is -2.37. The maximum absolute atomic E-state index is 13.6. The number of benzene rings is 1. The lowest BCUT2D eigenvalue weighted by molar-refractivity contribution is -0.137. The van der Waals surface area contributed by atoms with Crippen LogP contribution in [0.25, 0.3) is 5.57 Å². The van der Waals surface area contributed by atoms with Crippen LogP contribution in [0, 0.1) is 19.8 Å². The molecule has 1 aromatic carbocycles. The van der Waals surface area contributed by atoms with E-state index in [0.717, 1.165) is 41.7 Å². The number of rotatable bonds is 6. The van der Waals surface area contributed by atoms with Gasteiger partial charge in [-0.25, -0.2) is 9.97 Å². The maximum Gasteiger partial charge on any atom is 0.416 e. The summed E-state index contributed by atoms with van der Waals surface area (Å²) >= 11 is 0. The first-order valence-electron chi connectivity index (χ1n) is 10.5. The SMILES string of the molecule is C=C(C)c1nc(C)c(C)c(N(c2cc(C(F)(F)F)ccc2CC)[C@H](C)C2CCC2)n1. The van der Waals surface area contributed by atoms with Crippen molar-refractivity contribution in [2.24, 2.45) is 5.92 Å². The van der Waals surface area contributed by atoms with Crippen LogP contribution in [0.2, 0.25) is 0 Å². The number of hydrogen-bond donors (Lipinski definition) is 0. The molecule has 0 aliphatic heterocycles. The third-order valence-corrected chi connectivity index (χ3v) is 6.27. The predicted molar refractivity (Wildman–Crippen MR) is 116 cm³/mol. The molecule has 30 heavy (non-hydrogen) atoms. The molecule has 0 radical (unpaired) electrons. The molecular weight excluding hydrogens is 387 g/mol. The van der Waals surface area contributed by atoms with E-state index in [0.29, 0.717) is 29.7 Å². The van der Waals surface area contributed by atoms with Gasteiger partial charge in [0.25, 0.3) is 0 Å². The molecule has 1 heterocycles. The van der Waals surface area contributed by atoms with Gasteiger partial charge in [0, 0.05) is 23.0 Å². The van der Waals surface area contributed by atoms with Gasteiger partial charge in [-0.05, 0) is 76.1 Å². The maximum atomic E-state index is 13.6. The first-order chi connectivity index (χ1) is 14.0. The van der Waals surface area contributed by atoms with Gasteiger partial charge in [0.2, 0.25) is 0 Å². The van der Waals surface area contributed by atoms with E-state index in [1.807, 2.05) is 32.6 Å². The Balaban J connectivity index is 2.27. The third-order valence-electron chi connectivity index (χ3n) is 6.27. The number of nitrogens with zero attached hydrogens (tertiary/aromatic N) is 3. The second-order valence-corrected chi connectivity index (χ2v) is 8.36. The number of aromatic nitrogens is 2. The average molecular weight is 418 g/mol. The molecule has 3 rings (SSSR count). The minimum atomic E-state index is -4.40. The predicted octanol–water partition coefficient (Wildman–Crippen LogP) is 7.03. The van der Waals surface area contributed by atoms with Crippen LogP contribution in [0.3, 0.4) is 0 Å². The monoisotopic (exact) mass is 417 g/mol. The molecule has 1 saturated carbocycles. The van der Waals surface area contributed by atoms with Crippen LogP contribution in [-0.4, -0.2) is 16.0 Å². The fraction of sp³-hybridized carbons (Fsp3) is 0.500. The zero-order valence-corrected chi connectivity index (χ0v) is 18.4. The Bertz CT molecular complexity index is 945. The molecule has 0 amide bonds. The van der Waals surface area contributed by atoms with Gasteiger partial charge in [-0.15, -0.1) is 0 Å². The molecule has 0 spiro atoms. The molecule has 3 nitrogen and oxygen atoms in total. The van der Waals surface area contributed by atoms with E-state index >= 15 is 0 Å². The van der Waals surface area contributed by atoms with E-state index in [4.69, 9.17) is 4.98 Å². The van der Waals surface area contributed by atoms with Gasteiger partial charge >= 0.3 is 6.18 Å². The van der Waals surface area contributed by atoms with Gasteiger partial charge in [0.1, 0.15) is 5.82 Å². The fourth-order valence-corrected chi connectivity index (χ4v) is 3.96. The topological polar surface area (TPSA) is 29.0 Å². The van der Waals surface area contributed by atoms with Gasteiger partial charge in [-0.1, -0.05) is 26.0 Å². The highest BCUT2D eigenvalue weighted by Gasteiger charge is 2.35. The van der Waals surface area contributed by atoms with Crippen molar-refractivity contribution in [3.8, 4) is 0 Å². The third kappa shape index (κ3) is 4.23. The van der Waals surface area contributed by atoms with Crippen molar-refractivity contribution in [1.82, 2.24) is 9.97 Å². The van der Waals surface area contributed by atoms with E-state index in [-0.39, 0.29) is 6.04 Å². The summed E-state index contributed by atoms with van der Waals surface area (Å²) in [6.45, 7) is 13.7. The lowest BCUT2D eigenvalue weighted by Gasteiger charge is -2.41. The summed E-state index contributed by atoms with van der Waals surface area (Å²) in [5.74, 6) is 1.63. The zero-order chi connectivity index (χ0) is 22.2. The Labute approximate surface area is 177 Å². The van der Waals surface area contributed by atoms with Gasteiger partial charge in [0.15, 0.2) is 5.82 Å². The number of alkyl halides is 3. The van der Waals surface area contributed by atoms with E-state index in [1.54, 1.807) is 6.07 Å². The molecule has 0 unspecified atom stereocenters. The Morgan fingerprint density at radius 2 is 1.90 bits per heavy atom. The van der Waals surface area contributed by atoms with Crippen molar-refractivity contribution in [3.63, 3.8) is 0 Å². The molecule has 2 aromatic rings. The quantitative estimate of drug-likeness (QED) is 0.505. The molecule has 1 aromatic heterocycles. The van der Waals surface area contributed by atoms with E-state index in [2.05, 4.69) is 18.5 Å². The largest absolute Gasteiger partial charge is 0.416 e. The van der Waals surface area contributed by atoms with Crippen LogP contribution in [0.4, 0.5) is 24.7 Å². The van der Waals surface area contributed by atoms with Gasteiger partial charge in [-0.2, -0.15) is 13.2 Å². The van der Waals surface area contributed by atoms with E-state index < -0.39 is 11.7 Å². The second kappa shape index (κ2) is 8.40. The smallest absolute Gasteiger partial charge is 0.323 e. The van der Waals surface area contributed by atoms with Gasteiger partial charge in [0.05, 0.1) is 5.56 Å². The summed E-state index contributed by atoms with van der Waals surface area (Å²) in [6, 6.07) is 4.08. The number of halogens is 3. The van der Waals surface area contributed by atoms with Gasteiger partial charge in [-0.3, -0.25) is 0 Å². The van der Waals surface area contributed by atoms with Crippen LogP contribution in [-0.2, 0) is 12.6 Å². The molecule has 0 bridgehead atoms. The van der Waals surface area contributed by atoms with E-state index in [1.165, 1.54) is 12.1 Å². The summed E-state index contributed by atoms with van der Waals surface area (Å²) in [6.07, 6.45) is -0.447. The van der Waals surface area contributed by atoms with Crippen molar-refractivity contribution >= 4 is 17.1 Å². The van der Waals surface area contributed by atoms with Crippen LogP contribution < -0.4 is 4.90 Å². The fourth-order valence-electron chi connectivity index (χ4n) is 3.96. The van der Waals surface area contributed by atoms with Crippen LogP contribution in [0.5, 0.6) is 0 Å². The van der Waals surface area contributed by atoms with Crippen LogP contribution in [0.15, 0.2) is 24.8 Å². The molecule has 1 aliphatic rings. The standard InChI is InChI=1S/C24H30F3N3/c1-7-18-11-12-20(24(25,26)27)13-21(18)30(17(6)19-9-8-10-19)23-15(4)16(5)28-22(29-23)14(2)3/h11-13,17,19H,2,7-10H2,1,3-6H3/t17-/m1/s1. The van der Waals surface area contributed by atoms with Crippen molar-refractivity contribution in [3.05, 3.63) is 53.0 Å². The highest BCUT2D eigenvalue weighted by Crippen LogP contribution is 2.42. The second-order valence-electron chi connectivity index (χ2n) is 8.36. The molecule has 6 heteroatoms. The molecule has 162 valence electrons. The summed E-state index contributed by atoms with van der Waals surface area (Å²) in [7, 11) is 0. The first-order valence-corrected chi connectivity index (χ1v) is 10.5. The lowest BCUT2D eigenvalue weighted by Crippen LogP contribution is -2.40. The Morgan fingerprint density at radius 3 is 2.40 bits per heavy atom. The van der Waals surface area contributed by atoms with E-state index in [9.17, 15) is 13.2 Å². The summed E-state index contributed by atoms with van der Waals surface area (Å²) in [5, 5.41) is 0. The number of allylic oxidation sites excluding steroid dienone is 1. The molecular formula is C24H30F3N3. The average Bonchev–Trinajstić information content (AvgIpc) is 2.62. The zero-order valence-electron chi connectivity index (χ0n) is 18.4. The molecule has 1 atom stereocenters. The number of aryl methyl sites for hydroxylation is 2. The minimum absolute atomic E-state index is 0.0264. The first kappa shape index (κ1) is 22.3. The summed E-state index contributed by atoms with van der Waals surface area (Å²) in [4.78, 5) is 11.3. The minimum Gasteiger partial charge on any atom is -0.323 e. The Kier molecular flexibility index (Phi) is 6.25. The normalized spacial score (nSPS) is 15.6.